The number of benzene rings is 1. The van der Waals surface area contributed by atoms with Crippen molar-refractivity contribution in [1.29, 1.82) is 0 Å². The quantitative estimate of drug-likeness (QED) is 0.333. The van der Waals surface area contributed by atoms with Crippen molar-refractivity contribution in [2.24, 2.45) is 5.92 Å². The van der Waals surface area contributed by atoms with E-state index in [0.29, 0.717) is 52.4 Å². The van der Waals surface area contributed by atoms with Crippen LogP contribution in [-0.4, -0.2) is 120 Å². The summed E-state index contributed by atoms with van der Waals surface area (Å²) in [6.07, 6.45) is 0.779. The second kappa shape index (κ2) is 13.9. The molecule has 1 aliphatic rings. The van der Waals surface area contributed by atoms with Gasteiger partial charge in [-0.15, -0.1) is 0 Å². The Morgan fingerprint density at radius 1 is 0.818 bits per heavy atom. The number of aryl methyl sites for hydroxylation is 1. The Morgan fingerprint density at radius 3 is 1.76 bits per heavy atom. The summed E-state index contributed by atoms with van der Waals surface area (Å²) in [4.78, 5) is 39.4. The Morgan fingerprint density at radius 2 is 1.30 bits per heavy atom. The van der Waals surface area contributed by atoms with Crippen molar-refractivity contribution in [2.75, 3.05) is 72.0 Å². The zero-order valence-corrected chi connectivity index (χ0v) is 19.3. The molecule has 0 aliphatic carbocycles. The van der Waals surface area contributed by atoms with Gasteiger partial charge in [0.05, 0.1) is 19.6 Å². The molecule has 1 atom stereocenters. The Kier molecular flexibility index (Phi) is 11.2. The van der Waals surface area contributed by atoms with E-state index in [-0.39, 0.29) is 25.6 Å². The van der Waals surface area contributed by atoms with Crippen molar-refractivity contribution in [3.05, 3.63) is 35.4 Å². The molecule has 0 amide bonds. The van der Waals surface area contributed by atoms with E-state index in [1.807, 2.05) is 16.7 Å². The van der Waals surface area contributed by atoms with Crippen LogP contribution < -0.4 is 5.32 Å². The topological polar surface area (TPSA) is 134 Å². The molecule has 0 saturated carbocycles. The van der Waals surface area contributed by atoms with E-state index in [0.717, 1.165) is 6.42 Å². The lowest BCUT2D eigenvalue weighted by molar-refractivity contribution is -0.140. The minimum atomic E-state index is -0.902. The highest BCUT2D eigenvalue weighted by molar-refractivity contribution is 5.69. The first-order valence-corrected chi connectivity index (χ1v) is 11.3. The van der Waals surface area contributed by atoms with Gasteiger partial charge >= 0.3 is 17.9 Å². The molecule has 1 heterocycles. The number of rotatable bonds is 12. The van der Waals surface area contributed by atoms with Crippen LogP contribution in [0.1, 0.15) is 11.1 Å². The van der Waals surface area contributed by atoms with Gasteiger partial charge in [-0.2, -0.15) is 0 Å². The van der Waals surface area contributed by atoms with Crippen LogP contribution in [0.25, 0.3) is 0 Å². The van der Waals surface area contributed by atoms with Crippen molar-refractivity contribution < 1.29 is 29.7 Å². The molecule has 2 rings (SSSR count). The summed E-state index contributed by atoms with van der Waals surface area (Å²) in [5.41, 5.74) is 2.35. The van der Waals surface area contributed by atoms with Crippen LogP contribution in [0.3, 0.4) is 0 Å². The van der Waals surface area contributed by atoms with Crippen molar-refractivity contribution in [2.45, 2.75) is 13.3 Å². The normalized spacial score (nSPS) is 17.6. The molecule has 0 spiro atoms. The SMILES string of the molecule is Cc1ccc(CC(CNCC(=O)O)CN2CCN(CC(=O)O)CCN(CC(=O)O)CC2)cc1. The highest BCUT2D eigenvalue weighted by atomic mass is 16.4. The molecule has 33 heavy (non-hydrogen) atoms. The van der Waals surface area contributed by atoms with E-state index in [9.17, 15) is 24.6 Å². The molecule has 1 aromatic carbocycles. The van der Waals surface area contributed by atoms with E-state index in [2.05, 4.69) is 34.5 Å². The summed E-state index contributed by atoms with van der Waals surface area (Å²) in [6.45, 7) is 6.48. The minimum absolute atomic E-state index is 0.0816. The lowest BCUT2D eigenvalue weighted by Crippen LogP contribution is -2.42. The van der Waals surface area contributed by atoms with Gasteiger partial charge in [0.1, 0.15) is 0 Å². The fraction of sp³-hybridized carbons (Fsp3) is 0.609. The molecule has 1 fully saturated rings. The number of aliphatic carboxylic acids is 3. The van der Waals surface area contributed by atoms with Crippen LogP contribution in [0.4, 0.5) is 0 Å². The highest BCUT2D eigenvalue weighted by Gasteiger charge is 2.21. The third kappa shape index (κ3) is 11.2. The Hall–Kier alpha value is -2.53. The molecule has 4 N–H and O–H groups in total. The summed E-state index contributed by atoms with van der Waals surface area (Å²) >= 11 is 0. The number of carboxylic acid groups (broad SMARTS) is 3. The molecule has 0 aromatic heterocycles. The molecule has 1 aliphatic heterocycles. The average Bonchev–Trinajstić information content (AvgIpc) is 2.81. The fourth-order valence-corrected chi connectivity index (χ4v) is 4.07. The van der Waals surface area contributed by atoms with Crippen LogP contribution in [0.15, 0.2) is 24.3 Å². The summed E-state index contributed by atoms with van der Waals surface area (Å²) in [7, 11) is 0. The van der Waals surface area contributed by atoms with Gasteiger partial charge in [0.15, 0.2) is 0 Å². The standard InChI is InChI=1S/C23H36N4O6/c1-18-2-4-19(5-3-18)12-20(13-24-14-21(28)29)15-25-6-8-26(16-22(30)31)10-11-27(9-7-25)17-23(32)33/h2-5,20,24H,6-17H2,1H3,(H,28,29)(H,30,31)(H,32,33). The van der Waals surface area contributed by atoms with Gasteiger partial charge in [0.25, 0.3) is 0 Å². The van der Waals surface area contributed by atoms with E-state index >= 15 is 0 Å². The first kappa shape index (κ1) is 26.7. The largest absolute Gasteiger partial charge is 0.480 e. The lowest BCUT2D eigenvalue weighted by atomic mass is 9.97. The Balaban J connectivity index is 2.09. The summed E-state index contributed by atoms with van der Waals surface area (Å²) in [6, 6.07) is 8.29. The van der Waals surface area contributed by atoms with Crippen molar-refractivity contribution in [3.63, 3.8) is 0 Å². The number of carbonyl (C=O) groups is 3. The molecular formula is C23H36N4O6. The molecule has 10 nitrogen and oxygen atoms in total. The molecule has 1 aromatic rings. The number of carboxylic acids is 3. The summed E-state index contributed by atoms with van der Waals surface area (Å²) in [5, 5.41) is 30.5. The molecular weight excluding hydrogens is 428 g/mol. The first-order chi connectivity index (χ1) is 15.7. The van der Waals surface area contributed by atoms with Crippen LogP contribution in [-0.2, 0) is 20.8 Å². The van der Waals surface area contributed by atoms with Crippen LogP contribution in [0, 0.1) is 12.8 Å². The third-order valence-electron chi connectivity index (χ3n) is 5.79. The Bertz CT molecular complexity index is 745. The van der Waals surface area contributed by atoms with E-state index in [4.69, 9.17) is 5.11 Å². The monoisotopic (exact) mass is 464 g/mol. The number of nitrogens with zero attached hydrogens (tertiary/aromatic N) is 3. The van der Waals surface area contributed by atoms with Crippen molar-refractivity contribution >= 4 is 17.9 Å². The van der Waals surface area contributed by atoms with E-state index in [1.54, 1.807) is 0 Å². The zero-order valence-electron chi connectivity index (χ0n) is 19.3. The van der Waals surface area contributed by atoms with Crippen molar-refractivity contribution in [3.8, 4) is 0 Å². The van der Waals surface area contributed by atoms with Gasteiger partial charge in [0.2, 0.25) is 0 Å². The molecule has 10 heteroatoms. The van der Waals surface area contributed by atoms with Crippen LogP contribution >= 0.6 is 0 Å². The zero-order chi connectivity index (χ0) is 24.2. The fourth-order valence-electron chi connectivity index (χ4n) is 4.07. The van der Waals surface area contributed by atoms with Gasteiger partial charge in [0, 0.05) is 52.4 Å². The number of hydrogen-bond donors (Lipinski definition) is 4. The number of hydrogen-bond acceptors (Lipinski definition) is 7. The maximum absolute atomic E-state index is 11.3. The lowest BCUT2D eigenvalue weighted by Gasteiger charge is -2.29. The van der Waals surface area contributed by atoms with Gasteiger partial charge in [-0.05, 0) is 24.8 Å². The second-order valence-corrected chi connectivity index (χ2v) is 8.72. The maximum atomic E-state index is 11.3. The maximum Gasteiger partial charge on any atom is 0.317 e. The average molecular weight is 465 g/mol. The molecule has 184 valence electrons. The van der Waals surface area contributed by atoms with Crippen molar-refractivity contribution in [1.82, 2.24) is 20.0 Å². The predicted octanol–water partition coefficient (Wildman–Crippen LogP) is -0.0833. The van der Waals surface area contributed by atoms with E-state index in [1.165, 1.54) is 11.1 Å². The molecule has 0 bridgehead atoms. The van der Waals surface area contributed by atoms with Gasteiger partial charge < -0.3 is 25.5 Å². The highest BCUT2D eigenvalue weighted by Crippen LogP contribution is 2.13. The number of nitrogens with one attached hydrogen (secondary N) is 1. The van der Waals surface area contributed by atoms with Gasteiger partial charge in [-0.3, -0.25) is 24.2 Å². The van der Waals surface area contributed by atoms with Crippen LogP contribution in [0.2, 0.25) is 0 Å². The molecule has 1 saturated heterocycles. The summed E-state index contributed by atoms with van der Waals surface area (Å²) < 4.78 is 0. The predicted molar refractivity (Wildman–Crippen MR) is 123 cm³/mol. The van der Waals surface area contributed by atoms with E-state index < -0.39 is 17.9 Å². The minimum Gasteiger partial charge on any atom is -0.480 e. The third-order valence-corrected chi connectivity index (χ3v) is 5.79. The first-order valence-electron chi connectivity index (χ1n) is 11.3. The second-order valence-electron chi connectivity index (χ2n) is 8.72. The smallest absolute Gasteiger partial charge is 0.317 e. The molecule has 0 radical (unpaired) electrons. The molecule has 1 unspecified atom stereocenters. The Labute approximate surface area is 194 Å². The summed E-state index contributed by atoms with van der Waals surface area (Å²) in [5.74, 6) is -2.56. The van der Waals surface area contributed by atoms with Crippen LogP contribution in [0.5, 0.6) is 0 Å². The van der Waals surface area contributed by atoms with Gasteiger partial charge in [-0.1, -0.05) is 29.8 Å². The van der Waals surface area contributed by atoms with Gasteiger partial charge in [-0.25, -0.2) is 0 Å².